The lowest BCUT2D eigenvalue weighted by Crippen LogP contribution is -2.60. The van der Waals surface area contributed by atoms with E-state index in [0.29, 0.717) is 24.5 Å². The van der Waals surface area contributed by atoms with E-state index in [2.05, 4.69) is 10.1 Å². The Bertz CT molecular complexity index is 1230. The fourth-order valence-corrected chi connectivity index (χ4v) is 4.39. The number of rotatable bonds is 2. The number of fused-ring (bicyclic) bond motifs is 5. The first-order valence-electron chi connectivity index (χ1n) is 9.80. The SMILES string of the molecule is O=C1C2Cc3c([nH]c4ccccc34)CN2C(=O)CN1N=Cc1ccc2c(c1)OCO2. The lowest BCUT2D eigenvalue weighted by atomic mass is 9.94. The molecule has 0 aliphatic carbocycles. The first-order chi connectivity index (χ1) is 14.7. The lowest BCUT2D eigenvalue weighted by molar-refractivity contribution is -0.157. The Morgan fingerprint density at radius 3 is 2.87 bits per heavy atom. The maximum absolute atomic E-state index is 13.1. The van der Waals surface area contributed by atoms with Gasteiger partial charge in [0.05, 0.1) is 12.8 Å². The molecule has 1 fully saturated rings. The second-order valence-corrected chi connectivity index (χ2v) is 7.62. The van der Waals surface area contributed by atoms with Crippen LogP contribution in [0.5, 0.6) is 11.5 Å². The van der Waals surface area contributed by atoms with Crippen molar-refractivity contribution in [3.8, 4) is 11.5 Å². The van der Waals surface area contributed by atoms with Gasteiger partial charge in [-0.25, -0.2) is 5.01 Å². The van der Waals surface area contributed by atoms with Crippen LogP contribution in [0.25, 0.3) is 10.9 Å². The number of benzene rings is 2. The molecule has 2 aromatic carbocycles. The van der Waals surface area contributed by atoms with Crippen LogP contribution in [0.15, 0.2) is 47.6 Å². The number of nitrogens with one attached hydrogen (secondary N) is 1. The zero-order valence-electron chi connectivity index (χ0n) is 16.0. The minimum Gasteiger partial charge on any atom is -0.454 e. The number of hydrogen-bond donors (Lipinski definition) is 1. The number of carbonyl (C=O) groups is 2. The van der Waals surface area contributed by atoms with Crippen LogP contribution in [0.2, 0.25) is 0 Å². The molecule has 3 aliphatic heterocycles. The number of hydrogen-bond acceptors (Lipinski definition) is 5. The number of para-hydroxylation sites is 1. The van der Waals surface area contributed by atoms with Crippen molar-refractivity contribution in [1.29, 1.82) is 0 Å². The van der Waals surface area contributed by atoms with E-state index in [1.807, 2.05) is 30.3 Å². The van der Waals surface area contributed by atoms with E-state index in [0.717, 1.165) is 27.7 Å². The summed E-state index contributed by atoms with van der Waals surface area (Å²) < 4.78 is 10.7. The predicted octanol–water partition coefficient (Wildman–Crippen LogP) is 2.03. The lowest BCUT2D eigenvalue weighted by Gasteiger charge is -2.40. The fraction of sp³-hybridized carbons (Fsp3) is 0.227. The van der Waals surface area contributed by atoms with Gasteiger partial charge < -0.3 is 19.4 Å². The highest BCUT2D eigenvalue weighted by Crippen LogP contribution is 2.33. The number of carbonyl (C=O) groups excluding carboxylic acids is 2. The quantitative estimate of drug-likeness (QED) is 0.665. The third kappa shape index (κ3) is 2.57. The van der Waals surface area contributed by atoms with Gasteiger partial charge in [0.15, 0.2) is 11.5 Å². The van der Waals surface area contributed by atoms with Crippen LogP contribution in [0.3, 0.4) is 0 Å². The third-order valence-electron chi connectivity index (χ3n) is 5.89. The highest BCUT2D eigenvalue weighted by Gasteiger charge is 2.43. The molecule has 2 amide bonds. The van der Waals surface area contributed by atoms with Gasteiger partial charge in [0.1, 0.15) is 12.6 Å². The molecule has 3 aliphatic rings. The van der Waals surface area contributed by atoms with E-state index in [4.69, 9.17) is 9.47 Å². The van der Waals surface area contributed by atoms with Crippen molar-refractivity contribution in [3.05, 3.63) is 59.3 Å². The summed E-state index contributed by atoms with van der Waals surface area (Å²) >= 11 is 0. The summed E-state index contributed by atoms with van der Waals surface area (Å²) in [5.41, 5.74) is 3.91. The van der Waals surface area contributed by atoms with Gasteiger partial charge in [-0.3, -0.25) is 9.59 Å². The number of ether oxygens (including phenoxy) is 2. The highest BCUT2D eigenvalue weighted by molar-refractivity contribution is 5.97. The molecule has 150 valence electrons. The maximum atomic E-state index is 13.1. The number of piperazine rings is 1. The Morgan fingerprint density at radius 1 is 1.07 bits per heavy atom. The minimum absolute atomic E-state index is 0.0635. The average molecular weight is 402 g/mol. The molecule has 8 nitrogen and oxygen atoms in total. The van der Waals surface area contributed by atoms with Gasteiger partial charge >= 0.3 is 0 Å². The first-order valence-corrected chi connectivity index (χ1v) is 9.80. The third-order valence-corrected chi connectivity index (χ3v) is 5.89. The Morgan fingerprint density at radius 2 is 1.93 bits per heavy atom. The summed E-state index contributed by atoms with van der Waals surface area (Å²) in [5.74, 6) is 1.06. The monoisotopic (exact) mass is 402 g/mol. The molecule has 1 unspecified atom stereocenters. The summed E-state index contributed by atoms with van der Waals surface area (Å²) in [5, 5.41) is 6.69. The van der Waals surface area contributed by atoms with Crippen molar-refractivity contribution >= 4 is 28.9 Å². The summed E-state index contributed by atoms with van der Waals surface area (Å²) in [6.45, 7) is 0.549. The van der Waals surface area contributed by atoms with E-state index in [1.165, 1.54) is 5.01 Å². The van der Waals surface area contributed by atoms with Gasteiger partial charge in [-0.05, 0) is 35.4 Å². The van der Waals surface area contributed by atoms with Gasteiger partial charge in [0.25, 0.3) is 5.91 Å². The van der Waals surface area contributed by atoms with Crippen molar-refractivity contribution in [2.75, 3.05) is 13.3 Å². The summed E-state index contributed by atoms with van der Waals surface area (Å²) in [6, 6.07) is 12.9. The van der Waals surface area contributed by atoms with E-state index < -0.39 is 6.04 Å². The normalized spacial score (nSPS) is 20.2. The minimum atomic E-state index is -0.535. The van der Waals surface area contributed by atoms with E-state index in [-0.39, 0.29) is 25.2 Å². The van der Waals surface area contributed by atoms with Crippen molar-refractivity contribution in [3.63, 3.8) is 0 Å². The van der Waals surface area contributed by atoms with Crippen molar-refractivity contribution in [1.82, 2.24) is 14.9 Å². The molecular weight excluding hydrogens is 384 g/mol. The van der Waals surface area contributed by atoms with Crippen molar-refractivity contribution in [2.45, 2.75) is 19.0 Å². The van der Waals surface area contributed by atoms with E-state index in [9.17, 15) is 9.59 Å². The molecule has 6 rings (SSSR count). The van der Waals surface area contributed by atoms with Gasteiger partial charge in [0.2, 0.25) is 12.7 Å². The number of aromatic nitrogens is 1. The molecule has 0 spiro atoms. The molecule has 4 heterocycles. The van der Waals surface area contributed by atoms with Gasteiger partial charge in [0, 0.05) is 23.0 Å². The Kier molecular flexibility index (Phi) is 3.61. The molecule has 1 atom stereocenters. The summed E-state index contributed by atoms with van der Waals surface area (Å²) in [4.78, 5) is 31.0. The van der Waals surface area contributed by atoms with Crippen LogP contribution in [-0.4, -0.2) is 52.3 Å². The second-order valence-electron chi connectivity index (χ2n) is 7.62. The van der Waals surface area contributed by atoms with Crippen molar-refractivity contribution < 1.29 is 19.1 Å². The number of H-pyrrole nitrogens is 1. The van der Waals surface area contributed by atoms with Crippen molar-refractivity contribution in [2.24, 2.45) is 5.10 Å². The number of amides is 2. The molecule has 1 N–H and O–H groups in total. The Balaban J connectivity index is 1.28. The summed E-state index contributed by atoms with van der Waals surface area (Å²) in [6.07, 6.45) is 2.06. The summed E-state index contributed by atoms with van der Waals surface area (Å²) in [7, 11) is 0. The Hall–Kier alpha value is -3.81. The zero-order chi connectivity index (χ0) is 20.2. The smallest absolute Gasteiger partial charge is 0.266 e. The van der Waals surface area contributed by atoms with Crippen LogP contribution in [0.1, 0.15) is 16.8 Å². The largest absolute Gasteiger partial charge is 0.454 e. The molecule has 3 aromatic rings. The number of hydrazone groups is 1. The molecule has 30 heavy (non-hydrogen) atoms. The fourth-order valence-electron chi connectivity index (χ4n) is 4.39. The van der Waals surface area contributed by atoms with Crippen LogP contribution >= 0.6 is 0 Å². The number of aromatic amines is 1. The topological polar surface area (TPSA) is 87.2 Å². The molecule has 0 bridgehead atoms. The van der Waals surface area contributed by atoms with E-state index >= 15 is 0 Å². The molecule has 1 saturated heterocycles. The van der Waals surface area contributed by atoms with Crippen LogP contribution in [0.4, 0.5) is 0 Å². The first kappa shape index (κ1) is 17.1. The average Bonchev–Trinajstić information content (AvgIpc) is 3.37. The second kappa shape index (κ2) is 6.35. The zero-order valence-corrected chi connectivity index (χ0v) is 16.0. The van der Waals surface area contributed by atoms with E-state index in [1.54, 1.807) is 23.2 Å². The molecule has 8 heteroatoms. The Labute approximate surface area is 171 Å². The maximum Gasteiger partial charge on any atom is 0.266 e. The molecule has 1 aromatic heterocycles. The van der Waals surface area contributed by atoms with Crippen LogP contribution < -0.4 is 9.47 Å². The van der Waals surface area contributed by atoms with Gasteiger partial charge in [-0.15, -0.1) is 0 Å². The van der Waals surface area contributed by atoms with Gasteiger partial charge in [-0.1, -0.05) is 18.2 Å². The molecule has 0 saturated carbocycles. The van der Waals surface area contributed by atoms with Gasteiger partial charge in [-0.2, -0.15) is 5.10 Å². The van der Waals surface area contributed by atoms with Crippen LogP contribution in [-0.2, 0) is 22.6 Å². The predicted molar refractivity (Wildman–Crippen MR) is 108 cm³/mol. The molecular formula is C22H18N4O4. The number of nitrogens with zero attached hydrogens (tertiary/aromatic N) is 3. The highest BCUT2D eigenvalue weighted by atomic mass is 16.7. The standard InChI is InChI=1S/C22H18N4O4/c27-21-11-26(23-9-13-5-6-19-20(7-13)30-12-29-19)22(28)18-8-15-14-3-1-2-4-16(14)24-17(15)10-25(18)21/h1-7,9,18,24H,8,10-12H2. The van der Waals surface area contributed by atoms with Crippen LogP contribution in [0, 0.1) is 0 Å². The molecule has 0 radical (unpaired) electrons.